The highest BCUT2D eigenvalue weighted by Crippen LogP contribution is 2.48. The highest BCUT2D eigenvalue weighted by molar-refractivity contribution is 5.81. The molecule has 1 saturated heterocycles. The summed E-state index contributed by atoms with van der Waals surface area (Å²) in [6.07, 6.45) is 0.314. The summed E-state index contributed by atoms with van der Waals surface area (Å²) in [5.74, 6) is 0.169. The van der Waals surface area contributed by atoms with Gasteiger partial charge in [-0.2, -0.15) is 0 Å². The molecule has 8 nitrogen and oxygen atoms in total. The van der Waals surface area contributed by atoms with E-state index in [1.807, 2.05) is 0 Å². The lowest BCUT2D eigenvalue weighted by molar-refractivity contribution is -0.0891. The third kappa shape index (κ3) is 1.74. The molecule has 0 unspecified atom stereocenters. The van der Waals surface area contributed by atoms with E-state index in [9.17, 15) is 10.2 Å². The Morgan fingerprint density at radius 2 is 2.14 bits per heavy atom. The molecule has 0 saturated carbocycles. The third-order valence-electron chi connectivity index (χ3n) is 4.18. The number of alkyl halides is 1. The molecule has 0 aromatic carbocycles. The van der Waals surface area contributed by atoms with Crippen molar-refractivity contribution < 1.29 is 19.3 Å². The lowest BCUT2D eigenvalue weighted by Crippen LogP contribution is -2.51. The van der Waals surface area contributed by atoms with Gasteiger partial charge in [0.2, 0.25) is 0 Å². The summed E-state index contributed by atoms with van der Waals surface area (Å²) in [5, 5.41) is 19.6. The molecule has 114 valence electrons. The number of hydrogen-bond acceptors (Lipinski definition) is 7. The fraction of sp³-hybridized carbons (Fsp3) is 0.583. The van der Waals surface area contributed by atoms with E-state index in [1.165, 1.54) is 31.1 Å². The number of imidazole rings is 1. The van der Waals surface area contributed by atoms with E-state index in [4.69, 9.17) is 10.5 Å². The summed E-state index contributed by atoms with van der Waals surface area (Å²) in [4.78, 5) is 11.9. The number of aromatic nitrogens is 4. The van der Waals surface area contributed by atoms with Gasteiger partial charge in [0.05, 0.1) is 12.9 Å². The number of aliphatic hydroxyl groups excluding tert-OH is 1. The smallest absolute Gasteiger partial charge is 0.183 e. The Kier molecular flexibility index (Phi) is 2.91. The second-order valence-corrected chi connectivity index (χ2v) is 5.47. The molecule has 21 heavy (non-hydrogen) atoms. The fourth-order valence-electron chi connectivity index (χ4n) is 2.57. The first-order chi connectivity index (χ1) is 9.80. The summed E-state index contributed by atoms with van der Waals surface area (Å²) in [7, 11) is 0. The van der Waals surface area contributed by atoms with Crippen molar-refractivity contribution in [2.45, 2.75) is 37.4 Å². The van der Waals surface area contributed by atoms with E-state index in [1.54, 1.807) is 0 Å². The molecule has 0 radical (unpaired) electrons. The van der Waals surface area contributed by atoms with Crippen molar-refractivity contribution in [2.75, 3.05) is 12.3 Å². The average molecular weight is 297 g/mol. The molecule has 2 aromatic rings. The fourth-order valence-corrected chi connectivity index (χ4v) is 2.57. The van der Waals surface area contributed by atoms with Gasteiger partial charge < -0.3 is 20.7 Å². The van der Waals surface area contributed by atoms with Crippen LogP contribution in [0.2, 0.25) is 0 Å². The van der Waals surface area contributed by atoms with Crippen LogP contribution in [0.5, 0.6) is 0 Å². The monoisotopic (exact) mass is 297 g/mol. The van der Waals surface area contributed by atoms with Crippen LogP contribution in [0.15, 0.2) is 12.7 Å². The molecular formula is C12H16FN5O3. The minimum Gasteiger partial charge on any atom is -0.394 e. The van der Waals surface area contributed by atoms with Crippen molar-refractivity contribution in [1.82, 2.24) is 19.5 Å². The highest BCUT2D eigenvalue weighted by Gasteiger charge is 2.63. The number of aliphatic hydroxyl groups is 2. The van der Waals surface area contributed by atoms with Crippen molar-refractivity contribution in [2.24, 2.45) is 0 Å². The summed E-state index contributed by atoms with van der Waals surface area (Å²) < 4.78 is 21.9. The van der Waals surface area contributed by atoms with Gasteiger partial charge in [-0.05, 0) is 13.8 Å². The van der Waals surface area contributed by atoms with Crippen LogP contribution in [0.25, 0.3) is 11.2 Å². The zero-order valence-corrected chi connectivity index (χ0v) is 11.6. The van der Waals surface area contributed by atoms with Crippen LogP contribution in [0.4, 0.5) is 10.2 Å². The maximum Gasteiger partial charge on any atom is 0.183 e. The molecule has 0 spiro atoms. The van der Waals surface area contributed by atoms with Crippen LogP contribution in [-0.2, 0) is 4.74 Å². The molecule has 1 aliphatic heterocycles. The zero-order valence-electron chi connectivity index (χ0n) is 11.6. The second kappa shape index (κ2) is 4.33. The molecule has 2 aromatic heterocycles. The molecule has 4 N–H and O–H groups in total. The molecule has 0 aliphatic carbocycles. The van der Waals surface area contributed by atoms with Gasteiger partial charge in [0.1, 0.15) is 23.5 Å². The van der Waals surface area contributed by atoms with E-state index in [-0.39, 0.29) is 5.82 Å². The number of fused-ring (bicyclic) bond motifs is 1. The predicted octanol–water partition coefficient (Wildman–Crippen LogP) is -0.223. The molecule has 0 amide bonds. The summed E-state index contributed by atoms with van der Waals surface area (Å²) >= 11 is 0. The van der Waals surface area contributed by atoms with Crippen molar-refractivity contribution in [3.05, 3.63) is 12.7 Å². The van der Waals surface area contributed by atoms with Gasteiger partial charge in [0, 0.05) is 0 Å². The molecule has 3 rings (SSSR count). The van der Waals surface area contributed by atoms with Crippen molar-refractivity contribution in [3.63, 3.8) is 0 Å². The highest BCUT2D eigenvalue weighted by atomic mass is 19.1. The summed E-state index contributed by atoms with van der Waals surface area (Å²) in [6.45, 7) is 1.99. The number of nitrogens with two attached hydrogens (primary N) is 1. The Morgan fingerprint density at radius 3 is 2.76 bits per heavy atom. The van der Waals surface area contributed by atoms with Crippen LogP contribution in [0, 0.1) is 0 Å². The van der Waals surface area contributed by atoms with Crippen molar-refractivity contribution >= 4 is 17.0 Å². The lowest BCUT2D eigenvalue weighted by Gasteiger charge is -2.32. The SMILES string of the molecule is C[C@]1(F)[C@H](n2cnc3c(N)ncnc32)O[C@H](CO)[C@@]1(C)O. The summed E-state index contributed by atoms with van der Waals surface area (Å²) in [6, 6.07) is 0. The average Bonchev–Trinajstić information content (AvgIpc) is 2.90. The van der Waals surface area contributed by atoms with Gasteiger partial charge in [0.25, 0.3) is 0 Å². The van der Waals surface area contributed by atoms with Gasteiger partial charge in [-0.25, -0.2) is 19.3 Å². The van der Waals surface area contributed by atoms with Gasteiger partial charge in [0.15, 0.2) is 23.4 Å². The first-order valence-electron chi connectivity index (χ1n) is 6.41. The van der Waals surface area contributed by atoms with Crippen LogP contribution in [0.1, 0.15) is 20.1 Å². The number of ether oxygens (including phenoxy) is 1. The maximum atomic E-state index is 15.1. The van der Waals surface area contributed by atoms with Crippen molar-refractivity contribution in [3.8, 4) is 0 Å². The topological polar surface area (TPSA) is 119 Å². The zero-order chi connectivity index (χ0) is 15.4. The first kappa shape index (κ1) is 14.1. The van der Waals surface area contributed by atoms with Crippen LogP contribution >= 0.6 is 0 Å². The van der Waals surface area contributed by atoms with E-state index in [0.29, 0.717) is 11.2 Å². The number of nitrogen functional groups attached to an aromatic ring is 1. The van der Waals surface area contributed by atoms with E-state index >= 15 is 4.39 Å². The van der Waals surface area contributed by atoms with Gasteiger partial charge in [-0.3, -0.25) is 4.57 Å². The number of halogens is 1. The standard InChI is InChI=1S/C12H16FN5O3/c1-11(13)10(21-6(3-19)12(11,2)20)18-5-17-7-8(14)15-4-16-9(7)18/h4-6,10,19-20H,3H2,1-2H3,(H2,14,15,16)/t6-,10-,11+,12-/m1/s1. The van der Waals surface area contributed by atoms with Crippen molar-refractivity contribution in [1.29, 1.82) is 0 Å². The quantitative estimate of drug-likeness (QED) is 0.700. The lowest BCUT2D eigenvalue weighted by atomic mass is 9.85. The normalized spacial score (nSPS) is 36.4. The largest absolute Gasteiger partial charge is 0.394 e. The molecule has 1 aliphatic rings. The van der Waals surface area contributed by atoms with Gasteiger partial charge in [-0.15, -0.1) is 0 Å². The Morgan fingerprint density at radius 1 is 1.43 bits per heavy atom. The number of nitrogens with zero attached hydrogens (tertiary/aromatic N) is 4. The molecule has 4 atom stereocenters. The number of hydrogen-bond donors (Lipinski definition) is 3. The summed E-state index contributed by atoms with van der Waals surface area (Å²) in [5.41, 5.74) is 2.29. The second-order valence-electron chi connectivity index (χ2n) is 5.47. The Bertz CT molecular complexity index is 687. The Labute approximate surface area is 119 Å². The number of anilines is 1. The number of rotatable bonds is 2. The Balaban J connectivity index is 2.13. The van der Waals surface area contributed by atoms with E-state index < -0.39 is 30.2 Å². The van der Waals surface area contributed by atoms with E-state index in [2.05, 4.69) is 15.0 Å². The molecule has 1 fully saturated rings. The third-order valence-corrected chi connectivity index (χ3v) is 4.18. The van der Waals surface area contributed by atoms with Crippen LogP contribution in [0.3, 0.4) is 0 Å². The molecule has 0 bridgehead atoms. The Hall–Kier alpha value is -1.84. The van der Waals surface area contributed by atoms with Gasteiger partial charge >= 0.3 is 0 Å². The minimum atomic E-state index is -2.16. The molecule has 9 heteroatoms. The van der Waals surface area contributed by atoms with Gasteiger partial charge in [-0.1, -0.05) is 0 Å². The molecular weight excluding hydrogens is 281 g/mol. The van der Waals surface area contributed by atoms with E-state index in [0.717, 1.165) is 0 Å². The minimum absolute atomic E-state index is 0.169. The maximum absolute atomic E-state index is 15.1. The first-order valence-corrected chi connectivity index (χ1v) is 6.41. The van der Waals surface area contributed by atoms with Crippen LogP contribution in [-0.4, -0.2) is 53.7 Å². The predicted molar refractivity (Wildman–Crippen MR) is 70.9 cm³/mol. The molecule has 3 heterocycles. The van der Waals surface area contributed by atoms with Crippen LogP contribution < -0.4 is 5.73 Å².